The Kier molecular flexibility index (Phi) is 4.49. The van der Waals surface area contributed by atoms with Gasteiger partial charge in [-0.3, -0.25) is 0 Å². The lowest BCUT2D eigenvalue weighted by Crippen LogP contribution is -2.38. The molecule has 18 heavy (non-hydrogen) atoms. The van der Waals surface area contributed by atoms with Crippen LogP contribution in [-0.4, -0.2) is 37.1 Å². The van der Waals surface area contributed by atoms with Gasteiger partial charge in [-0.25, -0.2) is 4.79 Å². The van der Waals surface area contributed by atoms with Crippen molar-refractivity contribution in [3.63, 3.8) is 0 Å². The van der Waals surface area contributed by atoms with Crippen LogP contribution in [0.25, 0.3) is 0 Å². The Labute approximate surface area is 117 Å². The van der Waals surface area contributed by atoms with Crippen LogP contribution in [0, 0.1) is 0 Å². The van der Waals surface area contributed by atoms with Gasteiger partial charge < -0.3 is 9.64 Å². The molecule has 0 bridgehead atoms. The summed E-state index contributed by atoms with van der Waals surface area (Å²) >= 11 is 11.7. The van der Waals surface area contributed by atoms with Gasteiger partial charge in [-0.1, -0.05) is 23.2 Å². The first kappa shape index (κ1) is 13.7. The number of nitrogens with zero attached hydrogens (tertiary/aromatic N) is 1. The van der Waals surface area contributed by atoms with E-state index in [9.17, 15) is 4.79 Å². The Morgan fingerprint density at radius 3 is 2.61 bits per heavy atom. The molecule has 0 radical (unpaired) electrons. The van der Waals surface area contributed by atoms with Crippen LogP contribution in [0.5, 0.6) is 0 Å². The van der Waals surface area contributed by atoms with Gasteiger partial charge in [0.25, 0.3) is 0 Å². The molecule has 0 unspecified atom stereocenters. The minimum Gasteiger partial charge on any atom is -0.457 e. The van der Waals surface area contributed by atoms with Crippen molar-refractivity contribution in [3.8, 4) is 0 Å². The molecule has 1 saturated heterocycles. The minimum atomic E-state index is -0.361. The quantitative estimate of drug-likeness (QED) is 0.782. The fourth-order valence-electron chi connectivity index (χ4n) is 2.11. The molecule has 1 fully saturated rings. The van der Waals surface area contributed by atoms with Crippen LogP contribution >= 0.6 is 23.2 Å². The van der Waals surface area contributed by atoms with E-state index in [0.29, 0.717) is 15.6 Å². The first-order valence-electron chi connectivity index (χ1n) is 5.90. The van der Waals surface area contributed by atoms with Gasteiger partial charge in [0.1, 0.15) is 6.10 Å². The number of rotatable bonds is 2. The van der Waals surface area contributed by atoms with Crippen molar-refractivity contribution in [1.82, 2.24) is 4.90 Å². The van der Waals surface area contributed by atoms with E-state index in [4.69, 9.17) is 27.9 Å². The molecule has 0 saturated carbocycles. The molecule has 0 amide bonds. The van der Waals surface area contributed by atoms with E-state index in [-0.39, 0.29) is 12.1 Å². The lowest BCUT2D eigenvalue weighted by Gasteiger charge is -2.29. The Hall–Kier alpha value is -0.770. The van der Waals surface area contributed by atoms with Crippen molar-refractivity contribution in [1.29, 1.82) is 0 Å². The summed E-state index contributed by atoms with van der Waals surface area (Å²) in [6.07, 6.45) is 1.91. The van der Waals surface area contributed by atoms with Crippen LogP contribution in [-0.2, 0) is 4.74 Å². The minimum absolute atomic E-state index is 0.0472. The van der Waals surface area contributed by atoms with Crippen molar-refractivity contribution >= 4 is 29.2 Å². The molecule has 5 heteroatoms. The number of likely N-dealkylation sites (tertiary alicyclic amines) is 1. The molecule has 1 atom stereocenters. The number of hydrogen-bond donors (Lipinski definition) is 0. The summed E-state index contributed by atoms with van der Waals surface area (Å²) in [6, 6.07) is 4.74. The fourth-order valence-corrected chi connectivity index (χ4v) is 2.63. The summed E-state index contributed by atoms with van der Waals surface area (Å²) in [4.78, 5) is 14.1. The lowest BCUT2D eigenvalue weighted by molar-refractivity contribution is 0.0108. The van der Waals surface area contributed by atoms with Gasteiger partial charge in [0.2, 0.25) is 0 Å². The van der Waals surface area contributed by atoms with E-state index in [1.165, 1.54) is 0 Å². The second-order valence-electron chi connectivity index (χ2n) is 4.59. The number of carbonyl (C=O) groups is 1. The Morgan fingerprint density at radius 1 is 1.33 bits per heavy atom. The molecule has 0 spiro atoms. The smallest absolute Gasteiger partial charge is 0.338 e. The van der Waals surface area contributed by atoms with Gasteiger partial charge in [-0.05, 0) is 44.6 Å². The molecular formula is C13H15Cl2NO2. The van der Waals surface area contributed by atoms with E-state index in [1.54, 1.807) is 18.2 Å². The molecule has 0 N–H and O–H groups in total. The van der Waals surface area contributed by atoms with E-state index in [2.05, 4.69) is 4.90 Å². The Morgan fingerprint density at radius 2 is 2.00 bits per heavy atom. The van der Waals surface area contributed by atoms with Crippen LogP contribution in [0.1, 0.15) is 23.2 Å². The molecule has 1 aliphatic heterocycles. The van der Waals surface area contributed by atoms with E-state index >= 15 is 0 Å². The Bertz CT molecular complexity index is 430. The molecule has 1 aliphatic rings. The van der Waals surface area contributed by atoms with Crippen molar-refractivity contribution in [2.45, 2.75) is 18.9 Å². The number of ether oxygens (including phenoxy) is 1. The maximum absolute atomic E-state index is 12.0. The van der Waals surface area contributed by atoms with E-state index in [0.717, 1.165) is 25.9 Å². The maximum atomic E-state index is 12.0. The second-order valence-corrected chi connectivity index (χ2v) is 5.46. The third-order valence-electron chi connectivity index (χ3n) is 2.95. The summed E-state index contributed by atoms with van der Waals surface area (Å²) in [6.45, 7) is 1.83. The van der Waals surface area contributed by atoms with Crippen molar-refractivity contribution in [2.24, 2.45) is 0 Å². The summed E-state index contributed by atoms with van der Waals surface area (Å²) in [5.74, 6) is -0.361. The lowest BCUT2D eigenvalue weighted by atomic mass is 10.1. The van der Waals surface area contributed by atoms with Crippen LogP contribution in [0.15, 0.2) is 18.2 Å². The van der Waals surface area contributed by atoms with Crippen molar-refractivity contribution < 1.29 is 9.53 Å². The van der Waals surface area contributed by atoms with Gasteiger partial charge in [0.05, 0.1) is 5.56 Å². The van der Waals surface area contributed by atoms with Crippen LogP contribution in [0.4, 0.5) is 0 Å². The second kappa shape index (κ2) is 5.91. The molecular weight excluding hydrogens is 273 g/mol. The summed E-state index contributed by atoms with van der Waals surface area (Å²) < 4.78 is 5.46. The largest absolute Gasteiger partial charge is 0.457 e. The van der Waals surface area contributed by atoms with Crippen molar-refractivity contribution in [2.75, 3.05) is 20.1 Å². The highest BCUT2D eigenvalue weighted by atomic mass is 35.5. The molecule has 2 rings (SSSR count). The van der Waals surface area contributed by atoms with E-state index in [1.807, 2.05) is 7.05 Å². The van der Waals surface area contributed by atoms with Gasteiger partial charge in [-0.2, -0.15) is 0 Å². The highest BCUT2D eigenvalue weighted by Gasteiger charge is 2.21. The monoisotopic (exact) mass is 287 g/mol. The third kappa shape index (κ3) is 3.61. The molecule has 0 aromatic heterocycles. The third-order valence-corrected chi connectivity index (χ3v) is 3.39. The zero-order chi connectivity index (χ0) is 13.1. The van der Waals surface area contributed by atoms with Gasteiger partial charge >= 0.3 is 5.97 Å². The number of esters is 1. The normalized spacial score (nSPS) is 20.7. The maximum Gasteiger partial charge on any atom is 0.338 e. The first-order valence-corrected chi connectivity index (χ1v) is 6.66. The Balaban J connectivity index is 2.02. The molecule has 3 nitrogen and oxygen atoms in total. The topological polar surface area (TPSA) is 29.5 Å². The average molecular weight is 288 g/mol. The summed E-state index contributed by atoms with van der Waals surface area (Å²) in [5.41, 5.74) is 0.403. The van der Waals surface area contributed by atoms with Gasteiger partial charge in [0.15, 0.2) is 0 Å². The number of halogens is 2. The molecule has 1 heterocycles. The highest BCUT2D eigenvalue weighted by molar-refractivity contribution is 6.35. The number of hydrogen-bond acceptors (Lipinski definition) is 3. The number of likely N-dealkylation sites (N-methyl/N-ethyl adjacent to an activating group) is 1. The first-order chi connectivity index (χ1) is 8.54. The molecule has 0 aliphatic carbocycles. The zero-order valence-corrected chi connectivity index (χ0v) is 11.7. The van der Waals surface area contributed by atoms with Gasteiger partial charge in [0, 0.05) is 16.6 Å². The number of piperidine rings is 1. The highest BCUT2D eigenvalue weighted by Crippen LogP contribution is 2.21. The zero-order valence-electron chi connectivity index (χ0n) is 10.2. The van der Waals surface area contributed by atoms with Crippen LogP contribution < -0.4 is 0 Å². The van der Waals surface area contributed by atoms with E-state index < -0.39 is 0 Å². The predicted octanol–water partition coefficient (Wildman–Crippen LogP) is 3.24. The predicted molar refractivity (Wildman–Crippen MR) is 72.4 cm³/mol. The summed E-state index contributed by atoms with van der Waals surface area (Å²) in [5, 5.41) is 0.880. The number of benzene rings is 1. The van der Waals surface area contributed by atoms with Gasteiger partial charge in [-0.15, -0.1) is 0 Å². The fraction of sp³-hybridized carbons (Fsp3) is 0.462. The van der Waals surface area contributed by atoms with Crippen molar-refractivity contribution in [3.05, 3.63) is 33.8 Å². The standard InChI is InChI=1S/C13H15Cl2NO2/c1-16-4-2-3-12(8-16)18-13(17)9-5-10(14)7-11(15)6-9/h5-7,12H,2-4,8H2,1H3/t12-/m1/s1. The van der Waals surface area contributed by atoms with Crippen LogP contribution in [0.2, 0.25) is 10.0 Å². The summed E-state index contributed by atoms with van der Waals surface area (Å²) in [7, 11) is 2.02. The molecule has 1 aromatic rings. The average Bonchev–Trinajstić information content (AvgIpc) is 2.27. The van der Waals surface area contributed by atoms with Crippen LogP contribution in [0.3, 0.4) is 0 Å². The SMILES string of the molecule is CN1CCC[C@@H](OC(=O)c2cc(Cl)cc(Cl)c2)C1. The molecule has 1 aromatic carbocycles. The number of carbonyl (C=O) groups excluding carboxylic acids is 1. The molecule has 98 valence electrons.